The molecule has 0 aliphatic heterocycles. The predicted octanol–water partition coefficient (Wildman–Crippen LogP) is 2.03. The Morgan fingerprint density at radius 1 is 0.906 bits per heavy atom. The van der Waals surface area contributed by atoms with Gasteiger partial charge in [-0.05, 0) is 30.3 Å². The quantitative estimate of drug-likeness (QED) is 0.304. The van der Waals surface area contributed by atoms with Gasteiger partial charge in [-0.2, -0.15) is 0 Å². The number of carbonyl (C=O) groups excluding carboxylic acids is 1. The number of aliphatic hydroxyl groups is 5. The van der Waals surface area contributed by atoms with E-state index in [2.05, 4.69) is 4.74 Å². The van der Waals surface area contributed by atoms with Gasteiger partial charge in [0.2, 0.25) is 0 Å². The van der Waals surface area contributed by atoms with Crippen molar-refractivity contribution in [3.05, 3.63) is 51.5 Å². The zero-order valence-electron chi connectivity index (χ0n) is 17.1. The Hall–Kier alpha value is -1.66. The summed E-state index contributed by atoms with van der Waals surface area (Å²) in [5.41, 5.74) is 0. The molecule has 0 spiro atoms. The number of hydrogen-bond donors (Lipinski definition) is 6. The molecule has 0 amide bonds. The first-order valence-corrected chi connectivity index (χ1v) is 9.95. The maximum atomic E-state index is 9.90. The van der Waals surface area contributed by atoms with Crippen molar-refractivity contribution in [2.75, 3.05) is 20.8 Å². The maximum Gasteiger partial charge on any atom is 0.169 e. The van der Waals surface area contributed by atoms with Crippen LogP contribution < -0.4 is 4.74 Å². The van der Waals surface area contributed by atoms with Crippen LogP contribution in [0.3, 0.4) is 0 Å². The first-order chi connectivity index (χ1) is 15.0. The van der Waals surface area contributed by atoms with Gasteiger partial charge < -0.3 is 44.9 Å². The highest BCUT2D eigenvalue weighted by molar-refractivity contribution is 6.35. The lowest BCUT2D eigenvalue weighted by Gasteiger charge is -2.22. The van der Waals surface area contributed by atoms with Crippen LogP contribution >= 0.6 is 34.8 Å². The van der Waals surface area contributed by atoms with Crippen molar-refractivity contribution < 1.29 is 44.9 Å². The van der Waals surface area contributed by atoms with Gasteiger partial charge in [0, 0.05) is 30.3 Å². The monoisotopic (exact) mass is 514 g/mol. The lowest BCUT2D eigenvalue weighted by molar-refractivity contribution is -0.136. The molecule has 2 aromatic rings. The van der Waals surface area contributed by atoms with Crippen LogP contribution in [0.4, 0.5) is 0 Å². The zero-order chi connectivity index (χ0) is 24.8. The Kier molecular flexibility index (Phi) is 15.2. The Morgan fingerprint density at radius 2 is 1.41 bits per heavy atom. The van der Waals surface area contributed by atoms with Gasteiger partial charge in [-0.25, -0.2) is 0 Å². The van der Waals surface area contributed by atoms with Crippen LogP contribution in [-0.2, 0) is 9.53 Å². The molecular formula is C20H25Cl3O9. The summed E-state index contributed by atoms with van der Waals surface area (Å²) in [6.07, 6.45) is -6.84. The van der Waals surface area contributed by atoms with Gasteiger partial charge in [0.25, 0.3) is 0 Å². The number of halogens is 3. The molecule has 0 aromatic heterocycles. The van der Waals surface area contributed by atoms with Gasteiger partial charge in [0.05, 0.1) is 11.6 Å². The second-order valence-corrected chi connectivity index (χ2v) is 7.33. The fraction of sp³-hybridized carbons (Fsp3) is 0.350. The minimum Gasteiger partial charge on any atom is -0.504 e. The maximum absolute atomic E-state index is 9.90. The third-order valence-corrected chi connectivity index (χ3v) is 4.22. The molecule has 0 bridgehead atoms. The summed E-state index contributed by atoms with van der Waals surface area (Å²) in [6.45, 7) is -0.760. The molecule has 2 aromatic carbocycles. The van der Waals surface area contributed by atoms with Crippen LogP contribution in [-0.4, -0.2) is 82.2 Å². The largest absolute Gasteiger partial charge is 0.504 e. The van der Waals surface area contributed by atoms with Gasteiger partial charge in [-0.3, -0.25) is 0 Å². The lowest BCUT2D eigenvalue weighted by Crippen LogP contribution is -2.46. The van der Waals surface area contributed by atoms with Crippen LogP contribution in [0.25, 0.3) is 0 Å². The number of phenolic OH excluding ortho intramolecular Hbond substituents is 1. The first-order valence-electron chi connectivity index (χ1n) is 8.82. The predicted molar refractivity (Wildman–Crippen MR) is 120 cm³/mol. The number of aliphatic hydroxyl groups excluding tert-OH is 5. The molecule has 180 valence electrons. The van der Waals surface area contributed by atoms with E-state index in [1.165, 1.54) is 6.07 Å². The van der Waals surface area contributed by atoms with Crippen LogP contribution in [0.2, 0.25) is 15.1 Å². The zero-order valence-corrected chi connectivity index (χ0v) is 19.4. The van der Waals surface area contributed by atoms with Crippen molar-refractivity contribution in [3.63, 3.8) is 0 Å². The normalized spacial score (nSPS) is 13.9. The number of aromatic hydroxyl groups is 1. The number of methoxy groups -OCH3 is 1. The highest BCUT2D eigenvalue weighted by Gasteiger charge is 2.29. The highest BCUT2D eigenvalue weighted by atomic mass is 35.5. The van der Waals surface area contributed by atoms with Gasteiger partial charge in [0.15, 0.2) is 17.8 Å². The van der Waals surface area contributed by atoms with E-state index in [0.717, 1.165) is 0 Å². The molecule has 0 radical (unpaired) electrons. The van der Waals surface area contributed by atoms with Crippen LogP contribution in [0, 0.1) is 0 Å². The summed E-state index contributed by atoms with van der Waals surface area (Å²) in [7, 11) is 3.25. The van der Waals surface area contributed by atoms with Crippen LogP contribution in [0.5, 0.6) is 17.2 Å². The van der Waals surface area contributed by atoms with Crippen molar-refractivity contribution in [3.8, 4) is 17.2 Å². The molecular weight excluding hydrogens is 491 g/mol. The third-order valence-electron chi connectivity index (χ3n) is 3.46. The molecule has 6 N–H and O–H groups in total. The molecule has 0 heterocycles. The molecule has 0 unspecified atom stereocenters. The van der Waals surface area contributed by atoms with Crippen molar-refractivity contribution in [2.24, 2.45) is 0 Å². The number of rotatable bonds is 7. The molecule has 0 fully saturated rings. The summed E-state index contributed by atoms with van der Waals surface area (Å²) in [6, 6.07) is 9.39. The lowest BCUT2D eigenvalue weighted by atomic mass is 10.0. The van der Waals surface area contributed by atoms with E-state index in [1.54, 1.807) is 44.6 Å². The molecule has 2 rings (SSSR count). The smallest absolute Gasteiger partial charge is 0.169 e. The fourth-order valence-corrected chi connectivity index (χ4v) is 2.48. The van der Waals surface area contributed by atoms with Gasteiger partial charge in [0.1, 0.15) is 30.2 Å². The van der Waals surface area contributed by atoms with Gasteiger partial charge >= 0.3 is 0 Å². The molecule has 32 heavy (non-hydrogen) atoms. The van der Waals surface area contributed by atoms with Gasteiger partial charge in [-0.15, -0.1) is 0 Å². The minimum atomic E-state index is -1.79. The van der Waals surface area contributed by atoms with Crippen molar-refractivity contribution in [1.29, 1.82) is 0 Å². The highest BCUT2D eigenvalue weighted by Crippen LogP contribution is 2.36. The second kappa shape index (κ2) is 16.0. The second-order valence-electron chi connectivity index (χ2n) is 6.05. The SMILES string of the molecule is COC.O=C[C@H](O)[C@@H](O)[C@H](O)[C@H](O)CO.Oc1cc(Cl)ccc1Oc1ccc(Cl)cc1Cl. The van der Waals surface area contributed by atoms with E-state index >= 15 is 0 Å². The minimum absolute atomic E-state index is 0.0258. The van der Waals surface area contributed by atoms with E-state index in [-0.39, 0.29) is 17.8 Å². The van der Waals surface area contributed by atoms with E-state index in [4.69, 9.17) is 65.1 Å². The first kappa shape index (κ1) is 30.3. The fourth-order valence-electron chi connectivity index (χ4n) is 1.87. The average Bonchev–Trinajstić information content (AvgIpc) is 2.76. The molecule has 0 aliphatic rings. The van der Waals surface area contributed by atoms with Gasteiger partial charge in [-0.1, -0.05) is 34.8 Å². The average molecular weight is 516 g/mol. The number of ether oxygens (including phenoxy) is 2. The number of phenols is 1. The van der Waals surface area contributed by atoms with Crippen LogP contribution in [0.1, 0.15) is 0 Å². The van der Waals surface area contributed by atoms with Crippen molar-refractivity contribution >= 4 is 41.1 Å². The van der Waals surface area contributed by atoms with E-state index < -0.39 is 31.0 Å². The number of benzene rings is 2. The third kappa shape index (κ3) is 10.8. The molecule has 0 saturated heterocycles. The summed E-state index contributed by atoms with van der Waals surface area (Å²) >= 11 is 17.4. The number of hydrogen-bond acceptors (Lipinski definition) is 9. The summed E-state index contributed by atoms with van der Waals surface area (Å²) < 4.78 is 9.70. The molecule has 9 nitrogen and oxygen atoms in total. The Labute approximate surface area is 199 Å². The molecule has 0 aliphatic carbocycles. The summed E-state index contributed by atoms with van der Waals surface area (Å²) in [5, 5.41) is 54.5. The van der Waals surface area contributed by atoms with E-state index in [0.29, 0.717) is 20.8 Å². The molecule has 0 saturated carbocycles. The van der Waals surface area contributed by atoms with Crippen LogP contribution in [0.15, 0.2) is 36.4 Å². The Morgan fingerprint density at radius 3 is 1.84 bits per heavy atom. The van der Waals surface area contributed by atoms with Crippen molar-refractivity contribution in [1.82, 2.24) is 0 Å². The number of aldehydes is 1. The summed E-state index contributed by atoms with van der Waals surface area (Å²) in [5.74, 6) is 0.635. The van der Waals surface area contributed by atoms with E-state index in [9.17, 15) is 9.90 Å². The number of carbonyl (C=O) groups is 1. The molecule has 4 atom stereocenters. The standard InChI is InChI=1S/C12H7Cl3O2.C6H12O6.C2H6O/c13-7-1-3-11(9(15)5-7)17-12-4-2-8(14)6-10(12)16;7-1-3(9)5(11)6(12)4(10)2-8;1-3-2/h1-6,16H;1,3-6,8-12H,2H2;1-2H3/t;3-,4+,5+,6+;/m.0./s1. The topological polar surface area (TPSA) is 157 Å². The molecule has 12 heteroatoms. The summed E-state index contributed by atoms with van der Waals surface area (Å²) in [4.78, 5) is 9.90. The Bertz CT molecular complexity index is 773. The van der Waals surface area contributed by atoms with Crippen molar-refractivity contribution in [2.45, 2.75) is 24.4 Å². The Balaban J connectivity index is 0.000000564. The van der Waals surface area contributed by atoms with E-state index in [1.807, 2.05) is 0 Å².